The summed E-state index contributed by atoms with van der Waals surface area (Å²) in [7, 11) is 0. The Morgan fingerprint density at radius 2 is 1.72 bits per heavy atom. The minimum atomic E-state index is -0.791. The van der Waals surface area contributed by atoms with Crippen LogP contribution in [-0.2, 0) is 25.6 Å². The maximum atomic E-state index is 13.0. The summed E-state index contributed by atoms with van der Waals surface area (Å²) in [6, 6.07) is 17.0. The summed E-state index contributed by atoms with van der Waals surface area (Å²) in [6.45, 7) is 11.7. The highest BCUT2D eigenvalue weighted by Crippen LogP contribution is 2.38. The van der Waals surface area contributed by atoms with E-state index in [1.54, 1.807) is 4.90 Å². The smallest absolute Gasteiger partial charge is 0.412 e. The molecule has 0 aliphatic carbocycles. The lowest BCUT2D eigenvalue weighted by Gasteiger charge is -2.33. The molecule has 1 aliphatic rings. The summed E-state index contributed by atoms with van der Waals surface area (Å²) in [5, 5.41) is 0. The molecule has 6 nitrogen and oxygen atoms in total. The van der Waals surface area contributed by atoms with Gasteiger partial charge in [0, 0.05) is 0 Å². The van der Waals surface area contributed by atoms with Gasteiger partial charge in [-0.25, -0.2) is 4.79 Å². The number of nitrogens with zero attached hydrogens (tertiary/aromatic N) is 1. The third-order valence-corrected chi connectivity index (χ3v) is 5.47. The quantitative estimate of drug-likeness (QED) is 0.569. The maximum Gasteiger partial charge on any atom is 0.412 e. The van der Waals surface area contributed by atoms with Gasteiger partial charge in [-0.05, 0) is 58.2 Å². The largest absolute Gasteiger partial charge is 0.460 e. The molecule has 1 saturated heterocycles. The van der Waals surface area contributed by atoms with E-state index in [0.29, 0.717) is 6.61 Å². The zero-order chi connectivity index (χ0) is 23.5. The van der Waals surface area contributed by atoms with E-state index in [0.717, 1.165) is 16.7 Å². The molecule has 6 heteroatoms. The molecular weight excluding hydrogens is 406 g/mol. The van der Waals surface area contributed by atoms with Crippen LogP contribution in [0.1, 0.15) is 70.2 Å². The van der Waals surface area contributed by atoms with Crippen molar-refractivity contribution in [3.63, 3.8) is 0 Å². The van der Waals surface area contributed by atoms with Gasteiger partial charge in [-0.3, -0.25) is 9.69 Å². The summed E-state index contributed by atoms with van der Waals surface area (Å²) < 4.78 is 17.0. The first-order chi connectivity index (χ1) is 15.0. The van der Waals surface area contributed by atoms with Crippen molar-refractivity contribution in [3.8, 4) is 0 Å². The first-order valence-corrected chi connectivity index (χ1v) is 10.9. The fraction of sp³-hybridized carbons (Fsp3) is 0.462. The molecule has 0 aromatic heterocycles. The molecule has 2 atom stereocenters. The van der Waals surface area contributed by atoms with E-state index in [1.165, 1.54) is 0 Å². The Bertz CT molecular complexity index is 931. The Labute approximate surface area is 190 Å². The number of rotatable bonds is 5. The lowest BCUT2D eigenvalue weighted by Crippen LogP contribution is -2.45. The van der Waals surface area contributed by atoms with E-state index in [2.05, 4.69) is 0 Å². The first-order valence-electron chi connectivity index (χ1n) is 10.9. The summed E-state index contributed by atoms with van der Waals surface area (Å²) >= 11 is 0. The van der Waals surface area contributed by atoms with E-state index in [9.17, 15) is 9.59 Å². The minimum Gasteiger partial charge on any atom is -0.460 e. The molecule has 0 saturated carbocycles. The van der Waals surface area contributed by atoms with Gasteiger partial charge in [0.25, 0.3) is 0 Å². The zero-order valence-electron chi connectivity index (χ0n) is 19.8. The average molecular weight is 440 g/mol. The predicted octanol–water partition coefficient (Wildman–Crippen LogP) is 5.58. The van der Waals surface area contributed by atoms with Crippen LogP contribution in [-0.4, -0.2) is 34.9 Å². The highest BCUT2D eigenvalue weighted by atomic mass is 16.6. The van der Waals surface area contributed by atoms with Crippen molar-refractivity contribution in [1.29, 1.82) is 0 Å². The van der Waals surface area contributed by atoms with Crippen LogP contribution in [0.25, 0.3) is 0 Å². The highest BCUT2D eigenvalue weighted by Gasteiger charge is 2.45. The second kappa shape index (κ2) is 9.33. The van der Waals surface area contributed by atoms with Gasteiger partial charge >= 0.3 is 12.1 Å². The van der Waals surface area contributed by atoms with Crippen molar-refractivity contribution < 1.29 is 23.8 Å². The Morgan fingerprint density at radius 1 is 1.09 bits per heavy atom. The SMILES string of the molecule is C[C@H](C(=O)OC(C)(C)C)c1ccc([C@H]2COC(C)(C)N2C(=O)OCc2ccccc2)cc1. The van der Waals surface area contributed by atoms with Crippen LogP contribution in [0.4, 0.5) is 4.79 Å². The molecule has 0 N–H and O–H groups in total. The number of carbonyl (C=O) groups is 2. The molecule has 0 unspecified atom stereocenters. The molecule has 1 aliphatic heterocycles. The van der Waals surface area contributed by atoms with Crippen molar-refractivity contribution in [1.82, 2.24) is 4.90 Å². The molecule has 3 rings (SSSR count). The Hall–Kier alpha value is -2.86. The van der Waals surface area contributed by atoms with E-state index < -0.39 is 17.4 Å². The van der Waals surface area contributed by atoms with Crippen LogP contribution >= 0.6 is 0 Å². The van der Waals surface area contributed by atoms with Gasteiger partial charge in [0.2, 0.25) is 0 Å². The van der Waals surface area contributed by atoms with Gasteiger partial charge < -0.3 is 14.2 Å². The molecule has 172 valence electrons. The van der Waals surface area contributed by atoms with Crippen LogP contribution in [0.3, 0.4) is 0 Å². The minimum absolute atomic E-state index is 0.200. The van der Waals surface area contributed by atoms with Gasteiger partial charge in [-0.2, -0.15) is 0 Å². The zero-order valence-corrected chi connectivity index (χ0v) is 19.8. The van der Waals surface area contributed by atoms with Crippen LogP contribution in [0.5, 0.6) is 0 Å². The van der Waals surface area contributed by atoms with Crippen LogP contribution in [0, 0.1) is 0 Å². The van der Waals surface area contributed by atoms with Crippen LogP contribution < -0.4 is 0 Å². The van der Waals surface area contributed by atoms with E-state index >= 15 is 0 Å². The monoisotopic (exact) mass is 439 g/mol. The lowest BCUT2D eigenvalue weighted by atomic mass is 9.97. The van der Waals surface area contributed by atoms with Crippen LogP contribution in [0.2, 0.25) is 0 Å². The van der Waals surface area contributed by atoms with Gasteiger partial charge in [-0.1, -0.05) is 54.6 Å². The molecule has 1 fully saturated rings. The van der Waals surface area contributed by atoms with Crippen molar-refractivity contribution in [2.45, 2.75) is 71.4 Å². The van der Waals surface area contributed by atoms with Crippen molar-refractivity contribution >= 4 is 12.1 Å². The highest BCUT2D eigenvalue weighted by molar-refractivity contribution is 5.78. The molecule has 32 heavy (non-hydrogen) atoms. The lowest BCUT2D eigenvalue weighted by molar-refractivity contribution is -0.156. The van der Waals surface area contributed by atoms with E-state index in [4.69, 9.17) is 14.2 Å². The predicted molar refractivity (Wildman–Crippen MR) is 122 cm³/mol. The van der Waals surface area contributed by atoms with Crippen molar-refractivity contribution in [3.05, 3.63) is 71.3 Å². The number of esters is 1. The van der Waals surface area contributed by atoms with Gasteiger partial charge in [0.05, 0.1) is 18.6 Å². The summed E-state index contributed by atoms with van der Waals surface area (Å²) in [5.41, 5.74) is 1.39. The van der Waals surface area contributed by atoms with E-state index in [1.807, 2.05) is 96.1 Å². The number of ether oxygens (including phenoxy) is 3. The number of carbonyl (C=O) groups excluding carboxylic acids is 2. The standard InChI is InChI=1S/C26H33NO5/c1-18(23(28)32-25(2,3)4)20-12-14-21(15-13-20)22-17-31-26(5,6)27(22)24(29)30-16-19-10-8-7-9-11-19/h7-15,18,22H,16-17H2,1-6H3/t18-,22+/m0/s1. The Morgan fingerprint density at radius 3 is 2.31 bits per heavy atom. The topological polar surface area (TPSA) is 65.1 Å². The second-order valence-electron chi connectivity index (χ2n) is 9.61. The number of hydrogen-bond donors (Lipinski definition) is 0. The maximum absolute atomic E-state index is 13.0. The average Bonchev–Trinajstić information content (AvgIpc) is 3.06. The summed E-state index contributed by atoms with van der Waals surface area (Å²) in [4.78, 5) is 27.0. The molecule has 1 heterocycles. The fourth-order valence-electron chi connectivity index (χ4n) is 3.72. The molecule has 1 amide bonds. The molecule has 2 aromatic rings. The second-order valence-corrected chi connectivity index (χ2v) is 9.61. The van der Waals surface area contributed by atoms with E-state index in [-0.39, 0.29) is 24.5 Å². The first kappa shape index (κ1) is 23.8. The van der Waals surface area contributed by atoms with Gasteiger partial charge in [0.1, 0.15) is 17.9 Å². The van der Waals surface area contributed by atoms with Crippen molar-refractivity contribution in [2.75, 3.05) is 6.61 Å². The van der Waals surface area contributed by atoms with Crippen LogP contribution in [0.15, 0.2) is 54.6 Å². The number of hydrogen-bond acceptors (Lipinski definition) is 5. The number of benzene rings is 2. The van der Waals surface area contributed by atoms with Gasteiger partial charge in [0.15, 0.2) is 0 Å². The molecular formula is C26H33NO5. The Kier molecular flexibility index (Phi) is 6.94. The van der Waals surface area contributed by atoms with Crippen molar-refractivity contribution in [2.24, 2.45) is 0 Å². The molecule has 2 aromatic carbocycles. The third-order valence-electron chi connectivity index (χ3n) is 5.47. The summed E-state index contributed by atoms with van der Waals surface area (Å²) in [5.74, 6) is -0.645. The fourth-order valence-corrected chi connectivity index (χ4v) is 3.72. The van der Waals surface area contributed by atoms with Gasteiger partial charge in [-0.15, -0.1) is 0 Å². The summed E-state index contributed by atoms with van der Waals surface area (Å²) in [6.07, 6.45) is -0.424. The molecule has 0 bridgehead atoms. The third kappa shape index (κ3) is 5.68. The molecule has 0 spiro atoms. The molecule has 0 radical (unpaired) electrons. The normalized spacial score (nSPS) is 18.8. The number of amides is 1. The Balaban J connectivity index is 1.72.